The molecule has 3 rings (SSSR count). The third kappa shape index (κ3) is 3.53. The normalized spacial score (nSPS) is 19.0. The number of likely N-dealkylation sites (N-methyl/N-ethyl adjacent to an activating group) is 1. The minimum atomic E-state index is -0.0236. The van der Waals surface area contributed by atoms with E-state index in [0.29, 0.717) is 19.6 Å². The first-order valence-corrected chi connectivity index (χ1v) is 7.83. The zero-order valence-corrected chi connectivity index (χ0v) is 13.6. The van der Waals surface area contributed by atoms with Crippen LogP contribution in [-0.4, -0.2) is 68.4 Å². The van der Waals surface area contributed by atoms with Crippen molar-refractivity contribution in [2.45, 2.75) is 12.6 Å². The predicted molar refractivity (Wildman–Crippen MR) is 85.8 cm³/mol. The van der Waals surface area contributed by atoms with Gasteiger partial charge in [-0.2, -0.15) is 5.10 Å². The van der Waals surface area contributed by atoms with Crippen LogP contribution in [0.1, 0.15) is 11.9 Å². The van der Waals surface area contributed by atoms with Crippen LogP contribution in [0, 0.1) is 0 Å². The standard InChI is InChI=1S/C15H23N7O/c1-19-10-11-21(12-13(19)14-16-5-8-20(14)2)15(23)17-6-9-22-7-3-4-18-22/h3-5,7-8,13H,6,9-12H2,1-2H3,(H,17,23)/t13-/m0/s1. The van der Waals surface area contributed by atoms with E-state index in [0.717, 1.165) is 18.9 Å². The molecule has 8 heteroatoms. The molecule has 8 nitrogen and oxygen atoms in total. The number of carbonyl (C=O) groups excluding carboxylic acids is 1. The first-order valence-electron chi connectivity index (χ1n) is 7.83. The molecule has 0 spiro atoms. The maximum absolute atomic E-state index is 12.4. The third-order valence-electron chi connectivity index (χ3n) is 4.27. The van der Waals surface area contributed by atoms with Crippen LogP contribution in [0.3, 0.4) is 0 Å². The Morgan fingerprint density at radius 1 is 1.30 bits per heavy atom. The Kier molecular flexibility index (Phi) is 4.61. The van der Waals surface area contributed by atoms with Crippen LogP contribution in [0.4, 0.5) is 4.79 Å². The van der Waals surface area contributed by atoms with E-state index >= 15 is 0 Å². The van der Waals surface area contributed by atoms with E-state index in [1.807, 2.05) is 35.0 Å². The molecule has 3 heterocycles. The van der Waals surface area contributed by atoms with Crippen LogP contribution < -0.4 is 5.32 Å². The van der Waals surface area contributed by atoms with Crippen molar-refractivity contribution in [2.75, 3.05) is 33.2 Å². The molecule has 0 radical (unpaired) electrons. The monoisotopic (exact) mass is 317 g/mol. The minimum Gasteiger partial charge on any atom is -0.337 e. The summed E-state index contributed by atoms with van der Waals surface area (Å²) in [6.07, 6.45) is 7.36. The molecular weight excluding hydrogens is 294 g/mol. The maximum atomic E-state index is 12.4. The summed E-state index contributed by atoms with van der Waals surface area (Å²) in [6.45, 7) is 3.46. The van der Waals surface area contributed by atoms with Crippen molar-refractivity contribution in [1.29, 1.82) is 0 Å². The van der Waals surface area contributed by atoms with Crippen LogP contribution in [0.15, 0.2) is 30.9 Å². The summed E-state index contributed by atoms with van der Waals surface area (Å²) >= 11 is 0. The zero-order chi connectivity index (χ0) is 16.2. The highest BCUT2D eigenvalue weighted by Crippen LogP contribution is 2.22. The van der Waals surface area contributed by atoms with Crippen molar-refractivity contribution in [1.82, 2.24) is 34.4 Å². The van der Waals surface area contributed by atoms with Gasteiger partial charge in [-0.3, -0.25) is 9.58 Å². The molecule has 1 N–H and O–H groups in total. The minimum absolute atomic E-state index is 0.0236. The van der Waals surface area contributed by atoms with Gasteiger partial charge in [0, 0.05) is 58.0 Å². The first kappa shape index (κ1) is 15.5. The molecule has 0 bridgehead atoms. The second-order valence-electron chi connectivity index (χ2n) is 5.84. The van der Waals surface area contributed by atoms with Crippen molar-refractivity contribution in [3.63, 3.8) is 0 Å². The number of amides is 2. The quantitative estimate of drug-likeness (QED) is 0.881. The predicted octanol–water partition coefficient (Wildman–Crippen LogP) is 0.315. The molecule has 23 heavy (non-hydrogen) atoms. The van der Waals surface area contributed by atoms with E-state index in [9.17, 15) is 4.79 Å². The number of rotatable bonds is 4. The average Bonchev–Trinajstić information content (AvgIpc) is 3.19. The molecular formula is C15H23N7O. The fraction of sp³-hybridized carbons (Fsp3) is 0.533. The highest BCUT2D eigenvalue weighted by atomic mass is 16.2. The van der Waals surface area contributed by atoms with E-state index < -0.39 is 0 Å². The van der Waals surface area contributed by atoms with Crippen molar-refractivity contribution in [3.05, 3.63) is 36.7 Å². The van der Waals surface area contributed by atoms with Gasteiger partial charge >= 0.3 is 6.03 Å². The molecule has 0 aromatic carbocycles. The van der Waals surface area contributed by atoms with Crippen molar-refractivity contribution in [3.8, 4) is 0 Å². The van der Waals surface area contributed by atoms with Crippen molar-refractivity contribution < 1.29 is 4.79 Å². The van der Waals surface area contributed by atoms with Gasteiger partial charge in [-0.05, 0) is 13.1 Å². The molecule has 1 saturated heterocycles. The summed E-state index contributed by atoms with van der Waals surface area (Å²) in [5, 5.41) is 7.09. The second-order valence-corrected chi connectivity index (χ2v) is 5.84. The second kappa shape index (κ2) is 6.82. The van der Waals surface area contributed by atoms with Gasteiger partial charge in [0.05, 0.1) is 12.6 Å². The molecule has 0 saturated carbocycles. The van der Waals surface area contributed by atoms with E-state index in [2.05, 4.69) is 27.3 Å². The number of carbonyl (C=O) groups is 1. The Labute approximate surface area is 135 Å². The highest BCUT2D eigenvalue weighted by molar-refractivity contribution is 5.74. The number of aryl methyl sites for hydroxylation is 1. The molecule has 1 aliphatic rings. The number of nitrogens with zero attached hydrogens (tertiary/aromatic N) is 6. The first-order chi connectivity index (χ1) is 11.1. The molecule has 1 atom stereocenters. The van der Waals surface area contributed by atoms with Gasteiger partial charge in [0.15, 0.2) is 0 Å². The number of nitrogens with one attached hydrogen (secondary N) is 1. The van der Waals surface area contributed by atoms with E-state index in [1.165, 1.54) is 0 Å². The molecule has 1 fully saturated rings. The molecule has 2 amide bonds. The van der Waals surface area contributed by atoms with Crippen LogP contribution >= 0.6 is 0 Å². The summed E-state index contributed by atoms with van der Waals surface area (Å²) in [5.74, 6) is 0.988. The van der Waals surface area contributed by atoms with Crippen LogP contribution in [0.2, 0.25) is 0 Å². The van der Waals surface area contributed by atoms with Gasteiger partial charge in [-0.15, -0.1) is 0 Å². The van der Waals surface area contributed by atoms with Gasteiger partial charge in [0.2, 0.25) is 0 Å². The number of piperazine rings is 1. The van der Waals surface area contributed by atoms with E-state index in [-0.39, 0.29) is 12.1 Å². The Morgan fingerprint density at radius 2 is 2.17 bits per heavy atom. The third-order valence-corrected chi connectivity index (χ3v) is 4.27. The number of imidazole rings is 1. The number of hydrogen-bond donors (Lipinski definition) is 1. The molecule has 1 aliphatic heterocycles. The van der Waals surface area contributed by atoms with Crippen LogP contribution in [-0.2, 0) is 13.6 Å². The molecule has 2 aromatic heterocycles. The van der Waals surface area contributed by atoms with Crippen molar-refractivity contribution in [2.24, 2.45) is 7.05 Å². The Hall–Kier alpha value is -2.35. The smallest absolute Gasteiger partial charge is 0.317 e. The van der Waals surface area contributed by atoms with Gasteiger partial charge in [-0.25, -0.2) is 9.78 Å². The summed E-state index contributed by atoms with van der Waals surface area (Å²) in [5.41, 5.74) is 0. The molecule has 0 unspecified atom stereocenters. The van der Waals surface area contributed by atoms with Gasteiger partial charge < -0.3 is 14.8 Å². The topological polar surface area (TPSA) is 71.2 Å². The average molecular weight is 317 g/mol. The molecule has 2 aromatic rings. The van der Waals surface area contributed by atoms with Gasteiger partial charge in [0.25, 0.3) is 0 Å². The summed E-state index contributed by atoms with van der Waals surface area (Å²) < 4.78 is 3.82. The van der Waals surface area contributed by atoms with Gasteiger partial charge in [-0.1, -0.05) is 0 Å². The van der Waals surface area contributed by atoms with E-state index in [1.54, 1.807) is 17.1 Å². The SMILES string of the molecule is CN1CCN(C(=O)NCCn2cccn2)C[C@H]1c1nccn1C. The number of aromatic nitrogens is 4. The van der Waals surface area contributed by atoms with Crippen molar-refractivity contribution >= 4 is 6.03 Å². The Morgan fingerprint density at radius 3 is 2.87 bits per heavy atom. The summed E-state index contributed by atoms with van der Waals surface area (Å²) in [6, 6.07) is 1.98. The summed E-state index contributed by atoms with van der Waals surface area (Å²) in [7, 11) is 4.06. The highest BCUT2D eigenvalue weighted by Gasteiger charge is 2.30. The van der Waals surface area contributed by atoms with Gasteiger partial charge in [0.1, 0.15) is 5.82 Å². The molecule has 0 aliphatic carbocycles. The molecule has 124 valence electrons. The Balaban J connectivity index is 1.55. The maximum Gasteiger partial charge on any atom is 0.317 e. The number of hydrogen-bond acceptors (Lipinski definition) is 4. The Bertz CT molecular complexity index is 636. The largest absolute Gasteiger partial charge is 0.337 e. The lowest BCUT2D eigenvalue weighted by atomic mass is 10.1. The fourth-order valence-electron chi connectivity index (χ4n) is 2.86. The fourth-order valence-corrected chi connectivity index (χ4v) is 2.86. The lowest BCUT2D eigenvalue weighted by Crippen LogP contribution is -2.52. The van der Waals surface area contributed by atoms with Crippen LogP contribution in [0.5, 0.6) is 0 Å². The van der Waals surface area contributed by atoms with E-state index in [4.69, 9.17) is 0 Å². The van der Waals surface area contributed by atoms with Crippen LogP contribution in [0.25, 0.3) is 0 Å². The lowest BCUT2D eigenvalue weighted by Gasteiger charge is -2.38. The lowest BCUT2D eigenvalue weighted by molar-refractivity contribution is 0.104. The zero-order valence-electron chi connectivity index (χ0n) is 13.6. The summed E-state index contributed by atoms with van der Waals surface area (Å²) in [4.78, 5) is 20.9. The number of urea groups is 1.